The second kappa shape index (κ2) is 8.59. The van der Waals surface area contributed by atoms with E-state index in [9.17, 15) is 19.2 Å². The number of esters is 1. The highest BCUT2D eigenvalue weighted by molar-refractivity contribution is 6.22. The number of Topliss-reactive ketones (excluding diaryl/α,β-unsaturated/α-hetero) is 2. The molecule has 1 saturated carbocycles. The Morgan fingerprint density at radius 2 is 1.83 bits per heavy atom. The average molecular weight is 398 g/mol. The van der Waals surface area contributed by atoms with E-state index in [0.717, 1.165) is 5.56 Å². The van der Waals surface area contributed by atoms with Gasteiger partial charge >= 0.3 is 5.97 Å². The number of ether oxygens (including phenoxy) is 1. The van der Waals surface area contributed by atoms with E-state index in [4.69, 9.17) is 4.74 Å². The highest BCUT2D eigenvalue weighted by Gasteiger charge is 2.37. The molecule has 3 rings (SSSR count). The van der Waals surface area contributed by atoms with Crippen LogP contribution >= 0.6 is 0 Å². The summed E-state index contributed by atoms with van der Waals surface area (Å²) >= 11 is 0. The van der Waals surface area contributed by atoms with Crippen LogP contribution in [0, 0.1) is 5.41 Å². The topological polar surface area (TPSA) is 92.8 Å². The molecule has 1 aliphatic carbocycles. The Balaban J connectivity index is 1.69. The van der Waals surface area contributed by atoms with Crippen LogP contribution in [0.4, 0.5) is 0 Å². The molecule has 2 aliphatic rings. The number of piperazine rings is 1. The van der Waals surface area contributed by atoms with Crippen LogP contribution < -0.4 is 5.32 Å². The summed E-state index contributed by atoms with van der Waals surface area (Å²) < 4.78 is 5.29. The summed E-state index contributed by atoms with van der Waals surface area (Å²) in [5.74, 6) is -1.27. The SMILES string of the molecule is CC1(C)CC(=O)C(=CN2CCNC(=O)C2CC(=O)OCc2ccccc2)C(=O)C1. The molecular formula is C22H26N2O5. The number of amides is 1. The summed E-state index contributed by atoms with van der Waals surface area (Å²) in [5.41, 5.74) is 0.612. The Hall–Kier alpha value is -2.96. The number of rotatable bonds is 5. The van der Waals surface area contributed by atoms with Crippen molar-refractivity contribution in [3.05, 3.63) is 47.7 Å². The van der Waals surface area contributed by atoms with Gasteiger partial charge in [0.25, 0.3) is 0 Å². The van der Waals surface area contributed by atoms with Gasteiger partial charge in [0, 0.05) is 32.1 Å². The van der Waals surface area contributed by atoms with E-state index >= 15 is 0 Å². The smallest absolute Gasteiger partial charge is 0.308 e. The number of allylic oxidation sites excluding steroid dienone is 1. The fourth-order valence-corrected chi connectivity index (χ4v) is 3.64. The number of nitrogens with one attached hydrogen (secondary N) is 1. The van der Waals surface area contributed by atoms with E-state index in [1.165, 1.54) is 6.20 Å². The molecule has 1 aliphatic heterocycles. The number of nitrogens with zero attached hydrogens (tertiary/aromatic N) is 1. The van der Waals surface area contributed by atoms with Crippen molar-refractivity contribution in [2.75, 3.05) is 13.1 Å². The normalized spacial score (nSPS) is 21.6. The number of hydrogen-bond acceptors (Lipinski definition) is 6. The van der Waals surface area contributed by atoms with Crippen molar-refractivity contribution in [3.63, 3.8) is 0 Å². The first kappa shape index (κ1) is 20.8. The summed E-state index contributed by atoms with van der Waals surface area (Å²) in [6.45, 7) is 4.70. The van der Waals surface area contributed by atoms with Crippen LogP contribution in [0.2, 0.25) is 0 Å². The van der Waals surface area contributed by atoms with E-state index in [2.05, 4.69) is 5.32 Å². The third-order valence-corrected chi connectivity index (χ3v) is 5.15. The highest BCUT2D eigenvalue weighted by atomic mass is 16.5. The van der Waals surface area contributed by atoms with Crippen molar-refractivity contribution >= 4 is 23.4 Å². The van der Waals surface area contributed by atoms with E-state index in [0.29, 0.717) is 13.1 Å². The van der Waals surface area contributed by atoms with Crippen molar-refractivity contribution in [3.8, 4) is 0 Å². The lowest BCUT2D eigenvalue weighted by Gasteiger charge is -2.35. The summed E-state index contributed by atoms with van der Waals surface area (Å²) in [6, 6.07) is 8.46. The standard InChI is InChI=1S/C22H26N2O5/c1-22(2)11-18(25)16(19(26)12-22)13-24-9-8-23-21(28)17(24)10-20(27)29-14-15-6-4-3-5-7-15/h3-7,13,17H,8-12,14H2,1-2H3,(H,23,28). The number of hydrogen-bond donors (Lipinski definition) is 1. The summed E-state index contributed by atoms with van der Waals surface area (Å²) in [5, 5.41) is 2.73. The Labute approximate surface area is 170 Å². The number of ketones is 2. The van der Waals surface area contributed by atoms with Gasteiger partial charge in [0.15, 0.2) is 11.6 Å². The molecule has 1 unspecified atom stereocenters. The summed E-state index contributed by atoms with van der Waals surface area (Å²) in [6.07, 6.45) is 1.88. The summed E-state index contributed by atoms with van der Waals surface area (Å²) in [4.78, 5) is 51.2. The quantitative estimate of drug-likeness (QED) is 0.462. The molecule has 0 spiro atoms. The molecule has 2 fully saturated rings. The van der Waals surface area contributed by atoms with Crippen LogP contribution in [0.5, 0.6) is 0 Å². The lowest BCUT2D eigenvalue weighted by atomic mass is 9.74. The van der Waals surface area contributed by atoms with Gasteiger partial charge in [-0.1, -0.05) is 44.2 Å². The average Bonchev–Trinajstić information content (AvgIpc) is 2.65. The molecule has 1 heterocycles. The fraction of sp³-hybridized carbons (Fsp3) is 0.455. The monoisotopic (exact) mass is 398 g/mol. The molecule has 0 aromatic heterocycles. The van der Waals surface area contributed by atoms with Crippen molar-refractivity contribution in [1.82, 2.24) is 10.2 Å². The lowest BCUT2D eigenvalue weighted by molar-refractivity contribution is -0.148. The van der Waals surface area contributed by atoms with Gasteiger partial charge in [-0.3, -0.25) is 19.2 Å². The van der Waals surface area contributed by atoms with Gasteiger partial charge < -0.3 is 15.0 Å². The maximum absolute atomic E-state index is 12.5. The van der Waals surface area contributed by atoms with Crippen LogP contribution in [0.3, 0.4) is 0 Å². The van der Waals surface area contributed by atoms with Gasteiger partial charge in [0.2, 0.25) is 5.91 Å². The van der Waals surface area contributed by atoms with E-state index in [-0.39, 0.29) is 54.3 Å². The molecule has 0 radical (unpaired) electrons. The van der Waals surface area contributed by atoms with Gasteiger partial charge in [-0.15, -0.1) is 0 Å². The van der Waals surface area contributed by atoms with Crippen molar-refractivity contribution in [1.29, 1.82) is 0 Å². The Kier molecular flexibility index (Phi) is 6.15. The van der Waals surface area contributed by atoms with Crippen molar-refractivity contribution < 1.29 is 23.9 Å². The van der Waals surface area contributed by atoms with Crippen LogP contribution in [0.15, 0.2) is 42.1 Å². The fourth-order valence-electron chi connectivity index (χ4n) is 3.64. The molecule has 1 aromatic rings. The first-order valence-corrected chi connectivity index (χ1v) is 9.76. The van der Waals surface area contributed by atoms with Gasteiger partial charge in [-0.05, 0) is 11.0 Å². The molecule has 7 heteroatoms. The molecule has 1 N–H and O–H groups in total. The van der Waals surface area contributed by atoms with Gasteiger partial charge in [-0.2, -0.15) is 0 Å². The molecule has 1 amide bonds. The zero-order chi connectivity index (χ0) is 21.0. The van der Waals surface area contributed by atoms with Crippen molar-refractivity contribution in [2.24, 2.45) is 5.41 Å². The van der Waals surface area contributed by atoms with E-state index < -0.39 is 12.0 Å². The molecule has 1 aromatic carbocycles. The van der Waals surface area contributed by atoms with Crippen LogP contribution in [0.1, 0.15) is 38.7 Å². The highest BCUT2D eigenvalue weighted by Crippen LogP contribution is 2.34. The predicted molar refractivity (Wildman–Crippen MR) is 105 cm³/mol. The molecule has 0 bridgehead atoms. The largest absolute Gasteiger partial charge is 0.461 e. The lowest BCUT2D eigenvalue weighted by Crippen LogP contribution is -2.54. The molecule has 7 nitrogen and oxygen atoms in total. The Morgan fingerprint density at radius 1 is 1.17 bits per heavy atom. The number of carbonyl (C=O) groups is 4. The third-order valence-electron chi connectivity index (χ3n) is 5.15. The minimum atomic E-state index is -0.810. The Bertz CT molecular complexity index is 822. The maximum Gasteiger partial charge on any atom is 0.308 e. The minimum Gasteiger partial charge on any atom is -0.461 e. The first-order valence-electron chi connectivity index (χ1n) is 9.76. The van der Waals surface area contributed by atoms with E-state index in [1.54, 1.807) is 4.90 Å². The molecule has 1 saturated heterocycles. The maximum atomic E-state index is 12.5. The van der Waals surface area contributed by atoms with Gasteiger partial charge in [-0.25, -0.2) is 0 Å². The summed E-state index contributed by atoms with van der Waals surface area (Å²) in [7, 11) is 0. The third kappa shape index (κ3) is 5.31. The van der Waals surface area contributed by atoms with Crippen LogP contribution in [-0.4, -0.2) is 47.5 Å². The zero-order valence-corrected chi connectivity index (χ0v) is 16.8. The molecule has 154 valence electrons. The molecule has 29 heavy (non-hydrogen) atoms. The molecular weight excluding hydrogens is 372 g/mol. The second-order valence-electron chi connectivity index (χ2n) is 8.30. The van der Waals surface area contributed by atoms with E-state index in [1.807, 2.05) is 44.2 Å². The first-order chi connectivity index (χ1) is 13.7. The Morgan fingerprint density at radius 3 is 2.48 bits per heavy atom. The zero-order valence-electron chi connectivity index (χ0n) is 16.8. The predicted octanol–water partition coefficient (Wildman–Crippen LogP) is 1.76. The van der Waals surface area contributed by atoms with Crippen LogP contribution in [0.25, 0.3) is 0 Å². The molecule has 1 atom stereocenters. The number of carbonyl (C=O) groups excluding carboxylic acids is 4. The van der Waals surface area contributed by atoms with Gasteiger partial charge in [0.05, 0.1) is 12.0 Å². The van der Waals surface area contributed by atoms with Crippen molar-refractivity contribution in [2.45, 2.75) is 45.8 Å². The number of benzene rings is 1. The minimum absolute atomic E-state index is 0.113. The van der Waals surface area contributed by atoms with Crippen LogP contribution in [-0.2, 0) is 30.5 Å². The second-order valence-corrected chi connectivity index (χ2v) is 8.30. The van der Waals surface area contributed by atoms with Gasteiger partial charge in [0.1, 0.15) is 12.6 Å².